The summed E-state index contributed by atoms with van der Waals surface area (Å²) in [7, 11) is 2.88. The lowest BCUT2D eigenvalue weighted by Crippen LogP contribution is -2.28. The Morgan fingerprint density at radius 1 is 1.22 bits per heavy atom. The molecule has 0 unspecified atom stereocenters. The van der Waals surface area contributed by atoms with Crippen LogP contribution in [0.1, 0.15) is 0 Å². The molecule has 2 aromatic carbocycles. The Bertz CT molecular complexity index is 1380. The summed E-state index contributed by atoms with van der Waals surface area (Å²) < 4.78 is 30.7. The normalized spacial score (nSPS) is 10.9. The number of ether oxygens (including phenoxy) is 2. The zero-order valence-corrected chi connectivity index (χ0v) is 17.6. The van der Waals surface area contributed by atoms with Gasteiger partial charge in [0.05, 0.1) is 24.9 Å². The second kappa shape index (κ2) is 8.67. The van der Waals surface area contributed by atoms with Gasteiger partial charge in [-0.3, -0.25) is 14.2 Å². The molecule has 0 aliphatic heterocycles. The standard InChI is InChI=1S/C21H16ClFN4O5/c1-30-15-8-16(31-2)14(7-12(15)22)25-17(28)9-27-10-24-20-18(21(27)29)19(26-32-20)11-5-3-4-6-13(11)23/h3-8,10H,9H2,1-2H3,(H,25,28). The quantitative estimate of drug-likeness (QED) is 0.471. The molecule has 0 radical (unpaired) electrons. The van der Waals surface area contributed by atoms with E-state index in [4.69, 9.17) is 25.6 Å². The number of fused-ring (bicyclic) bond motifs is 1. The summed E-state index contributed by atoms with van der Waals surface area (Å²) in [6.07, 6.45) is 1.15. The number of nitrogens with zero attached hydrogens (tertiary/aromatic N) is 3. The molecule has 1 N–H and O–H groups in total. The molecule has 0 fully saturated rings. The topological polar surface area (TPSA) is 108 Å². The van der Waals surface area contributed by atoms with Crippen molar-refractivity contribution in [2.45, 2.75) is 6.54 Å². The van der Waals surface area contributed by atoms with Crippen LogP contribution in [0, 0.1) is 5.82 Å². The lowest BCUT2D eigenvalue weighted by atomic mass is 10.1. The molecule has 32 heavy (non-hydrogen) atoms. The van der Waals surface area contributed by atoms with E-state index in [0.29, 0.717) is 17.2 Å². The molecule has 0 atom stereocenters. The van der Waals surface area contributed by atoms with E-state index >= 15 is 0 Å². The van der Waals surface area contributed by atoms with E-state index < -0.39 is 17.3 Å². The highest BCUT2D eigenvalue weighted by molar-refractivity contribution is 6.32. The number of halogens is 2. The average molecular weight is 459 g/mol. The van der Waals surface area contributed by atoms with Gasteiger partial charge in [0.25, 0.3) is 11.3 Å². The van der Waals surface area contributed by atoms with Crippen LogP contribution in [0.2, 0.25) is 5.02 Å². The molecular formula is C21H16ClFN4O5. The van der Waals surface area contributed by atoms with Gasteiger partial charge in [-0.15, -0.1) is 0 Å². The minimum Gasteiger partial charge on any atom is -0.495 e. The molecule has 0 saturated heterocycles. The monoisotopic (exact) mass is 458 g/mol. The molecule has 4 rings (SSSR count). The van der Waals surface area contributed by atoms with Gasteiger partial charge in [0.15, 0.2) is 0 Å². The number of amides is 1. The first-order valence-electron chi connectivity index (χ1n) is 9.24. The lowest BCUT2D eigenvalue weighted by molar-refractivity contribution is -0.116. The number of rotatable bonds is 6. The van der Waals surface area contributed by atoms with E-state index in [0.717, 1.165) is 10.9 Å². The van der Waals surface area contributed by atoms with Crippen LogP contribution in [0.15, 0.2) is 52.0 Å². The summed E-state index contributed by atoms with van der Waals surface area (Å²) in [5.41, 5.74) is -0.278. The molecule has 0 aliphatic carbocycles. The fraction of sp³-hybridized carbons (Fsp3) is 0.143. The summed E-state index contributed by atoms with van der Waals surface area (Å²) in [6, 6.07) is 8.82. The molecule has 4 aromatic rings. The van der Waals surface area contributed by atoms with Gasteiger partial charge in [-0.05, 0) is 18.2 Å². The number of carbonyl (C=O) groups excluding carboxylic acids is 1. The number of carbonyl (C=O) groups is 1. The van der Waals surface area contributed by atoms with Crippen molar-refractivity contribution in [1.29, 1.82) is 0 Å². The second-order valence-electron chi connectivity index (χ2n) is 6.60. The summed E-state index contributed by atoms with van der Waals surface area (Å²) in [5, 5.41) is 6.66. The van der Waals surface area contributed by atoms with E-state index in [1.807, 2.05) is 0 Å². The molecule has 9 nitrogen and oxygen atoms in total. The minimum absolute atomic E-state index is 0.00830. The zero-order chi connectivity index (χ0) is 22.8. The van der Waals surface area contributed by atoms with Gasteiger partial charge in [-0.2, -0.15) is 0 Å². The van der Waals surface area contributed by atoms with Crippen LogP contribution in [0.3, 0.4) is 0 Å². The van der Waals surface area contributed by atoms with Gasteiger partial charge in [0.1, 0.15) is 41.3 Å². The SMILES string of the molecule is COc1cc(OC)c(NC(=O)Cn2cnc3onc(-c4ccccc4F)c3c2=O)cc1Cl. The van der Waals surface area contributed by atoms with Crippen LogP contribution in [0.5, 0.6) is 11.5 Å². The minimum atomic E-state index is -0.607. The number of aromatic nitrogens is 3. The molecule has 0 bridgehead atoms. The number of hydrogen-bond acceptors (Lipinski definition) is 7. The Morgan fingerprint density at radius 2 is 1.97 bits per heavy atom. The first-order valence-corrected chi connectivity index (χ1v) is 9.61. The van der Waals surface area contributed by atoms with E-state index in [1.54, 1.807) is 6.07 Å². The molecule has 0 saturated carbocycles. The van der Waals surface area contributed by atoms with Gasteiger partial charge in [-0.25, -0.2) is 9.37 Å². The number of anilines is 1. The predicted molar refractivity (Wildman–Crippen MR) is 115 cm³/mol. The van der Waals surface area contributed by atoms with Crippen LogP contribution in [0.4, 0.5) is 10.1 Å². The summed E-state index contributed by atoms with van der Waals surface area (Å²) in [6.45, 7) is -0.379. The molecular weight excluding hydrogens is 443 g/mol. The summed E-state index contributed by atoms with van der Waals surface area (Å²) in [5.74, 6) is -0.419. The summed E-state index contributed by atoms with van der Waals surface area (Å²) >= 11 is 6.12. The maximum atomic E-state index is 14.2. The predicted octanol–water partition coefficient (Wildman–Crippen LogP) is 3.50. The van der Waals surface area contributed by atoms with Crippen molar-refractivity contribution in [1.82, 2.24) is 14.7 Å². The van der Waals surface area contributed by atoms with Gasteiger partial charge in [0.2, 0.25) is 5.91 Å². The van der Waals surface area contributed by atoms with Gasteiger partial charge >= 0.3 is 0 Å². The van der Waals surface area contributed by atoms with Crippen molar-refractivity contribution in [3.05, 3.63) is 63.9 Å². The molecule has 2 aromatic heterocycles. The zero-order valence-electron chi connectivity index (χ0n) is 16.9. The molecule has 0 spiro atoms. The third-order valence-electron chi connectivity index (χ3n) is 4.65. The molecule has 164 valence electrons. The van der Waals surface area contributed by atoms with Gasteiger partial charge in [-0.1, -0.05) is 28.9 Å². The Balaban J connectivity index is 1.66. The van der Waals surface area contributed by atoms with Gasteiger partial charge < -0.3 is 19.3 Å². The second-order valence-corrected chi connectivity index (χ2v) is 7.01. The van der Waals surface area contributed by atoms with Crippen LogP contribution in [-0.2, 0) is 11.3 Å². The highest BCUT2D eigenvalue weighted by atomic mass is 35.5. The largest absolute Gasteiger partial charge is 0.495 e. The smallest absolute Gasteiger partial charge is 0.267 e. The molecule has 0 aliphatic rings. The molecule has 1 amide bonds. The Kier molecular flexibility index (Phi) is 5.78. The van der Waals surface area contributed by atoms with E-state index in [2.05, 4.69) is 15.5 Å². The fourth-order valence-corrected chi connectivity index (χ4v) is 3.37. The maximum absolute atomic E-state index is 14.2. The highest BCUT2D eigenvalue weighted by Crippen LogP contribution is 2.35. The lowest BCUT2D eigenvalue weighted by Gasteiger charge is -2.13. The Labute approximate surface area is 185 Å². The highest BCUT2D eigenvalue weighted by Gasteiger charge is 2.20. The van der Waals surface area contributed by atoms with Crippen LogP contribution < -0.4 is 20.3 Å². The van der Waals surface area contributed by atoms with Crippen LogP contribution in [-0.4, -0.2) is 34.8 Å². The number of nitrogens with one attached hydrogen (secondary N) is 1. The third-order valence-corrected chi connectivity index (χ3v) is 4.95. The van der Waals surface area contributed by atoms with Crippen LogP contribution in [0.25, 0.3) is 22.4 Å². The molecule has 11 heteroatoms. The Morgan fingerprint density at radius 3 is 2.69 bits per heavy atom. The van der Waals surface area contributed by atoms with Crippen molar-refractivity contribution in [3.63, 3.8) is 0 Å². The van der Waals surface area contributed by atoms with E-state index in [9.17, 15) is 14.0 Å². The average Bonchev–Trinajstić information content (AvgIpc) is 3.21. The van der Waals surface area contributed by atoms with Crippen molar-refractivity contribution in [3.8, 4) is 22.8 Å². The van der Waals surface area contributed by atoms with Crippen molar-refractivity contribution in [2.24, 2.45) is 0 Å². The van der Waals surface area contributed by atoms with Crippen molar-refractivity contribution in [2.75, 3.05) is 19.5 Å². The number of hydrogen-bond donors (Lipinski definition) is 1. The van der Waals surface area contributed by atoms with Crippen LogP contribution >= 0.6 is 11.6 Å². The first kappa shape index (κ1) is 21.3. The fourth-order valence-electron chi connectivity index (χ4n) is 3.13. The maximum Gasteiger partial charge on any atom is 0.267 e. The third kappa shape index (κ3) is 3.87. The summed E-state index contributed by atoms with van der Waals surface area (Å²) in [4.78, 5) is 29.6. The van der Waals surface area contributed by atoms with Gasteiger partial charge in [0, 0.05) is 11.6 Å². The number of benzene rings is 2. The molecule has 2 heterocycles. The van der Waals surface area contributed by atoms with E-state index in [-0.39, 0.29) is 33.9 Å². The van der Waals surface area contributed by atoms with Crippen molar-refractivity contribution >= 4 is 34.3 Å². The van der Waals surface area contributed by atoms with Crippen molar-refractivity contribution < 1.29 is 23.2 Å². The number of methoxy groups -OCH3 is 2. The first-order chi connectivity index (χ1) is 15.4. The van der Waals surface area contributed by atoms with E-state index in [1.165, 1.54) is 44.6 Å². The Hall–Kier alpha value is -3.92.